The minimum Gasteiger partial charge on any atom is -0.477 e. The minimum atomic E-state index is -0.857. The Morgan fingerprint density at radius 2 is 2.00 bits per heavy atom. The Kier molecular flexibility index (Phi) is 5.01. The summed E-state index contributed by atoms with van der Waals surface area (Å²) in [6.07, 6.45) is -0.773. The zero-order chi connectivity index (χ0) is 18.7. The summed E-state index contributed by atoms with van der Waals surface area (Å²) in [5, 5.41) is 4.93. The molecule has 0 radical (unpaired) electrons. The Morgan fingerprint density at radius 3 is 2.73 bits per heavy atom. The molecule has 2 aromatic carbocycles. The van der Waals surface area contributed by atoms with E-state index in [0.717, 1.165) is 12.1 Å². The maximum absolute atomic E-state index is 13.7. The van der Waals surface area contributed by atoms with Gasteiger partial charge in [-0.05, 0) is 24.3 Å². The van der Waals surface area contributed by atoms with E-state index >= 15 is 0 Å². The second-order valence-electron chi connectivity index (χ2n) is 5.74. The molecular formula is C18H17F2N3O3. The van der Waals surface area contributed by atoms with Gasteiger partial charge in [-0.2, -0.15) is 0 Å². The summed E-state index contributed by atoms with van der Waals surface area (Å²) < 4.78 is 32.3. The van der Waals surface area contributed by atoms with Crippen LogP contribution in [0.15, 0.2) is 42.5 Å². The topological polar surface area (TPSA) is 70.7 Å². The molecule has 6 nitrogen and oxygen atoms in total. The molecule has 1 aliphatic heterocycles. The summed E-state index contributed by atoms with van der Waals surface area (Å²) in [5.74, 6) is -1.91. The highest BCUT2D eigenvalue weighted by Crippen LogP contribution is 2.33. The van der Waals surface area contributed by atoms with Crippen molar-refractivity contribution in [3.05, 3.63) is 54.1 Å². The second kappa shape index (κ2) is 7.38. The maximum Gasteiger partial charge on any atom is 0.262 e. The summed E-state index contributed by atoms with van der Waals surface area (Å²) in [7, 11) is 1.50. The van der Waals surface area contributed by atoms with Gasteiger partial charge in [0.25, 0.3) is 5.91 Å². The van der Waals surface area contributed by atoms with E-state index < -0.39 is 23.6 Å². The van der Waals surface area contributed by atoms with E-state index in [9.17, 15) is 18.4 Å². The van der Waals surface area contributed by atoms with E-state index in [2.05, 4.69) is 10.6 Å². The van der Waals surface area contributed by atoms with Crippen LogP contribution in [0.3, 0.4) is 0 Å². The number of halogens is 2. The standard InChI is InChI=1S/C18H17F2N3O3/c1-21-18(25)16-9-23(14-4-2-3-5-15(14)26-16)10-17(24)22-13-7-6-11(19)8-12(13)20/h2-8,16H,9-10H2,1H3,(H,21,25)(H,22,24)/t16-/m0/s1. The van der Waals surface area contributed by atoms with E-state index in [1.54, 1.807) is 29.2 Å². The predicted molar refractivity (Wildman–Crippen MR) is 92.1 cm³/mol. The molecule has 1 atom stereocenters. The van der Waals surface area contributed by atoms with E-state index in [1.165, 1.54) is 7.05 Å². The van der Waals surface area contributed by atoms with Crippen LogP contribution in [0.4, 0.5) is 20.2 Å². The number of hydrogen-bond acceptors (Lipinski definition) is 4. The quantitative estimate of drug-likeness (QED) is 0.873. The van der Waals surface area contributed by atoms with Gasteiger partial charge in [0.05, 0.1) is 24.5 Å². The molecule has 0 unspecified atom stereocenters. The van der Waals surface area contributed by atoms with Crippen LogP contribution in [-0.4, -0.2) is 38.1 Å². The van der Waals surface area contributed by atoms with Gasteiger partial charge >= 0.3 is 0 Å². The van der Waals surface area contributed by atoms with Crippen molar-refractivity contribution in [2.24, 2.45) is 0 Å². The fraction of sp³-hybridized carbons (Fsp3) is 0.222. The van der Waals surface area contributed by atoms with Gasteiger partial charge in [0.15, 0.2) is 6.10 Å². The van der Waals surface area contributed by atoms with Crippen LogP contribution in [0.1, 0.15) is 0 Å². The largest absolute Gasteiger partial charge is 0.477 e. The van der Waals surface area contributed by atoms with Crippen molar-refractivity contribution < 1.29 is 23.1 Å². The highest BCUT2D eigenvalue weighted by molar-refractivity contribution is 5.95. The molecule has 0 saturated carbocycles. The lowest BCUT2D eigenvalue weighted by Crippen LogP contribution is -2.50. The molecule has 0 bridgehead atoms. The zero-order valence-corrected chi connectivity index (χ0v) is 14.0. The zero-order valence-electron chi connectivity index (χ0n) is 14.0. The normalized spacial score (nSPS) is 15.7. The molecule has 8 heteroatoms. The smallest absolute Gasteiger partial charge is 0.262 e. The third-order valence-corrected chi connectivity index (χ3v) is 3.94. The molecule has 1 aliphatic rings. The summed E-state index contributed by atoms with van der Waals surface area (Å²) in [6.45, 7) is 0.0424. The molecule has 136 valence electrons. The number of anilines is 2. The van der Waals surface area contributed by atoms with Gasteiger partial charge in [0.2, 0.25) is 5.91 Å². The Morgan fingerprint density at radius 1 is 1.23 bits per heavy atom. The lowest BCUT2D eigenvalue weighted by molar-refractivity contribution is -0.127. The molecule has 0 fully saturated rings. The van der Waals surface area contributed by atoms with Gasteiger partial charge in [0, 0.05) is 13.1 Å². The molecular weight excluding hydrogens is 344 g/mol. The average Bonchev–Trinajstić information content (AvgIpc) is 2.63. The fourth-order valence-corrected chi connectivity index (χ4v) is 2.71. The molecule has 1 heterocycles. The number of benzene rings is 2. The molecule has 0 aromatic heterocycles. The monoisotopic (exact) mass is 361 g/mol. The van der Waals surface area contributed by atoms with Crippen LogP contribution in [-0.2, 0) is 9.59 Å². The third kappa shape index (κ3) is 3.74. The number of amides is 2. The first kappa shape index (κ1) is 17.7. The molecule has 26 heavy (non-hydrogen) atoms. The number of para-hydroxylation sites is 2. The number of rotatable bonds is 4. The van der Waals surface area contributed by atoms with Gasteiger partial charge in [-0.3, -0.25) is 9.59 Å². The van der Waals surface area contributed by atoms with E-state index in [-0.39, 0.29) is 24.7 Å². The predicted octanol–water partition coefficient (Wildman–Crippen LogP) is 1.92. The third-order valence-electron chi connectivity index (χ3n) is 3.94. The van der Waals surface area contributed by atoms with Crippen molar-refractivity contribution in [1.29, 1.82) is 0 Å². The van der Waals surface area contributed by atoms with Crippen LogP contribution >= 0.6 is 0 Å². The minimum absolute atomic E-state index is 0.110. The van der Waals surface area contributed by atoms with Crippen LogP contribution in [0.2, 0.25) is 0 Å². The van der Waals surface area contributed by atoms with Gasteiger partial charge in [-0.1, -0.05) is 12.1 Å². The molecule has 2 aromatic rings. The summed E-state index contributed by atoms with van der Waals surface area (Å²) in [6, 6.07) is 9.93. The Labute approximate surface area is 148 Å². The van der Waals surface area contributed by atoms with Crippen molar-refractivity contribution in [2.45, 2.75) is 6.10 Å². The summed E-state index contributed by atoms with van der Waals surface area (Å²) in [5.41, 5.74) is 0.545. The van der Waals surface area contributed by atoms with Crippen molar-refractivity contribution in [3.8, 4) is 5.75 Å². The summed E-state index contributed by atoms with van der Waals surface area (Å²) in [4.78, 5) is 25.9. The van der Waals surface area contributed by atoms with Crippen molar-refractivity contribution in [2.75, 3.05) is 30.4 Å². The molecule has 2 amide bonds. The van der Waals surface area contributed by atoms with Gasteiger partial charge < -0.3 is 20.3 Å². The lowest BCUT2D eigenvalue weighted by Gasteiger charge is -2.34. The van der Waals surface area contributed by atoms with E-state index in [1.807, 2.05) is 0 Å². The molecule has 3 rings (SSSR count). The second-order valence-corrected chi connectivity index (χ2v) is 5.74. The first-order chi connectivity index (χ1) is 12.5. The highest BCUT2D eigenvalue weighted by Gasteiger charge is 2.31. The maximum atomic E-state index is 13.7. The lowest BCUT2D eigenvalue weighted by atomic mass is 10.1. The fourth-order valence-electron chi connectivity index (χ4n) is 2.71. The van der Waals surface area contributed by atoms with Crippen molar-refractivity contribution >= 4 is 23.2 Å². The van der Waals surface area contributed by atoms with Crippen LogP contribution in [0, 0.1) is 11.6 Å². The number of nitrogens with zero attached hydrogens (tertiary/aromatic N) is 1. The van der Waals surface area contributed by atoms with Crippen molar-refractivity contribution in [3.63, 3.8) is 0 Å². The van der Waals surface area contributed by atoms with Gasteiger partial charge in [-0.15, -0.1) is 0 Å². The number of ether oxygens (including phenoxy) is 1. The first-order valence-electron chi connectivity index (χ1n) is 7.95. The van der Waals surface area contributed by atoms with Crippen LogP contribution < -0.4 is 20.3 Å². The Bertz CT molecular complexity index is 844. The Balaban J connectivity index is 1.76. The first-order valence-corrected chi connectivity index (χ1v) is 7.95. The average molecular weight is 361 g/mol. The molecule has 0 aliphatic carbocycles. The number of hydrogen-bond donors (Lipinski definition) is 2. The SMILES string of the molecule is CNC(=O)[C@@H]1CN(CC(=O)Nc2ccc(F)cc2F)c2ccccc2O1. The number of fused-ring (bicyclic) bond motifs is 1. The van der Waals surface area contributed by atoms with Crippen LogP contribution in [0.25, 0.3) is 0 Å². The number of likely N-dealkylation sites (N-methyl/N-ethyl adjacent to an activating group) is 1. The Hall–Kier alpha value is -3.16. The molecule has 0 spiro atoms. The van der Waals surface area contributed by atoms with Crippen molar-refractivity contribution in [1.82, 2.24) is 5.32 Å². The number of nitrogens with one attached hydrogen (secondary N) is 2. The van der Waals surface area contributed by atoms with Gasteiger partial charge in [-0.25, -0.2) is 8.78 Å². The number of carbonyl (C=O) groups is 2. The van der Waals surface area contributed by atoms with E-state index in [0.29, 0.717) is 17.5 Å². The summed E-state index contributed by atoms with van der Waals surface area (Å²) >= 11 is 0. The number of carbonyl (C=O) groups excluding carboxylic acids is 2. The van der Waals surface area contributed by atoms with Gasteiger partial charge in [0.1, 0.15) is 17.4 Å². The molecule has 0 saturated heterocycles. The van der Waals surface area contributed by atoms with Crippen LogP contribution in [0.5, 0.6) is 5.75 Å². The highest BCUT2D eigenvalue weighted by atomic mass is 19.1. The van der Waals surface area contributed by atoms with E-state index in [4.69, 9.17) is 4.74 Å². The molecule has 2 N–H and O–H groups in total.